The van der Waals surface area contributed by atoms with Gasteiger partial charge in [-0.3, -0.25) is 19.0 Å². The van der Waals surface area contributed by atoms with Gasteiger partial charge >= 0.3 is 5.76 Å². The number of aromatic nitrogens is 3. The van der Waals surface area contributed by atoms with Crippen molar-refractivity contribution in [2.75, 3.05) is 10.0 Å². The van der Waals surface area contributed by atoms with Crippen LogP contribution in [-0.4, -0.2) is 29.6 Å². The molecule has 0 spiro atoms. The number of rotatable bonds is 6. The maximum atomic E-state index is 13.0. The van der Waals surface area contributed by atoms with Crippen LogP contribution < -0.4 is 15.8 Å². The van der Waals surface area contributed by atoms with Crippen molar-refractivity contribution in [3.05, 3.63) is 87.4 Å². The third-order valence-electron chi connectivity index (χ3n) is 4.92. The lowest BCUT2D eigenvalue weighted by atomic mass is 10.1. The van der Waals surface area contributed by atoms with Gasteiger partial charge in [-0.1, -0.05) is 44.4 Å². The van der Waals surface area contributed by atoms with Gasteiger partial charge in [0.05, 0.1) is 21.7 Å². The van der Waals surface area contributed by atoms with Crippen molar-refractivity contribution in [3.8, 4) is 11.4 Å². The topological polar surface area (TPSA) is 160 Å². The van der Waals surface area contributed by atoms with Crippen LogP contribution in [0.3, 0.4) is 0 Å². The lowest BCUT2D eigenvalue weighted by Gasteiger charge is -2.09. The first-order valence-corrected chi connectivity index (χ1v) is 12.2. The van der Waals surface area contributed by atoms with Crippen LogP contribution in [0.25, 0.3) is 22.4 Å². The summed E-state index contributed by atoms with van der Waals surface area (Å²) in [4.78, 5) is 26.9. The minimum absolute atomic E-state index is 0.0139. The number of carbonyl (C=O) groups excluding carboxylic acids is 1. The quantitative estimate of drug-likeness (QED) is 0.283. The molecule has 0 saturated carbocycles. The molecule has 11 nitrogen and oxygen atoms in total. The largest absolute Gasteiger partial charge is 0.439 e. The second-order valence-corrected chi connectivity index (χ2v) is 9.85. The first-order valence-electron chi connectivity index (χ1n) is 9.95. The number of anilines is 2. The number of amides is 1. The highest BCUT2D eigenvalue weighted by molar-refractivity contribution is 9.10. The normalized spacial score (nSPS) is 11.5. The standard InChI is InChI=1S/C22H14BrN5O6S/c23-12-6-9-17(16(10-12)20-25-22(30)34-27-20)24-21(29)19-15-8-7-13(11-18(15)33-26-19)28-35(31,32)14-4-2-1-3-5-14/h1-11,28H,(H,24,29)(H,25,27,30). The number of hydrogen-bond donors (Lipinski definition) is 3. The van der Waals surface area contributed by atoms with Gasteiger partial charge in [0, 0.05) is 16.1 Å². The van der Waals surface area contributed by atoms with Crippen molar-refractivity contribution in [2.45, 2.75) is 4.90 Å². The first-order chi connectivity index (χ1) is 16.8. The number of sulfonamides is 1. The molecular formula is C22H14BrN5O6S. The van der Waals surface area contributed by atoms with Crippen molar-refractivity contribution in [2.24, 2.45) is 0 Å². The number of carbonyl (C=O) groups is 1. The zero-order valence-electron chi connectivity index (χ0n) is 17.5. The second-order valence-electron chi connectivity index (χ2n) is 7.25. The zero-order valence-corrected chi connectivity index (χ0v) is 19.9. The minimum Gasteiger partial charge on any atom is -0.355 e. The highest BCUT2D eigenvalue weighted by atomic mass is 79.9. The van der Waals surface area contributed by atoms with E-state index in [4.69, 9.17) is 4.52 Å². The SMILES string of the molecule is O=C(Nc1ccc(Br)cc1-c1noc(=O)[nH]1)c1noc2cc(NS(=O)(=O)c3ccccc3)ccc12. The molecular weight excluding hydrogens is 542 g/mol. The first kappa shape index (κ1) is 22.6. The molecule has 0 aliphatic rings. The summed E-state index contributed by atoms with van der Waals surface area (Å²) < 4.78 is 38.1. The minimum atomic E-state index is -3.80. The van der Waals surface area contributed by atoms with Gasteiger partial charge in [-0.25, -0.2) is 13.2 Å². The number of halogens is 1. The Morgan fingerprint density at radius 2 is 1.77 bits per heavy atom. The molecule has 13 heteroatoms. The van der Waals surface area contributed by atoms with Gasteiger partial charge in [-0.2, -0.15) is 0 Å². The van der Waals surface area contributed by atoms with E-state index in [0.717, 1.165) is 0 Å². The molecule has 3 aromatic carbocycles. The van der Waals surface area contributed by atoms with E-state index in [9.17, 15) is 18.0 Å². The van der Waals surface area contributed by atoms with Gasteiger partial charge < -0.3 is 9.84 Å². The van der Waals surface area contributed by atoms with E-state index in [1.165, 1.54) is 30.3 Å². The average Bonchev–Trinajstić information content (AvgIpc) is 3.46. The lowest BCUT2D eigenvalue weighted by molar-refractivity contribution is 0.102. The molecule has 1 amide bonds. The molecule has 5 aromatic rings. The van der Waals surface area contributed by atoms with Crippen molar-refractivity contribution in [1.82, 2.24) is 15.3 Å². The third kappa shape index (κ3) is 4.58. The molecule has 0 unspecified atom stereocenters. The summed E-state index contributed by atoms with van der Waals surface area (Å²) in [5.41, 5.74) is 1.19. The molecule has 0 atom stereocenters. The van der Waals surface area contributed by atoms with Crippen LogP contribution in [0.2, 0.25) is 0 Å². The smallest absolute Gasteiger partial charge is 0.355 e. The molecule has 2 heterocycles. The van der Waals surface area contributed by atoms with Gasteiger partial charge in [-0.15, -0.1) is 0 Å². The summed E-state index contributed by atoms with van der Waals surface area (Å²) >= 11 is 3.34. The predicted octanol–water partition coefficient (Wildman–Crippen LogP) is 3.99. The molecule has 0 fully saturated rings. The Labute approximate surface area is 205 Å². The summed E-state index contributed by atoms with van der Waals surface area (Å²) in [6.07, 6.45) is 0. The molecule has 176 valence electrons. The van der Waals surface area contributed by atoms with Crippen molar-refractivity contribution in [1.29, 1.82) is 0 Å². The molecule has 3 N–H and O–H groups in total. The average molecular weight is 556 g/mol. The highest BCUT2D eigenvalue weighted by Gasteiger charge is 2.21. The molecule has 35 heavy (non-hydrogen) atoms. The van der Waals surface area contributed by atoms with Gasteiger partial charge in [0.2, 0.25) is 0 Å². The number of nitrogens with one attached hydrogen (secondary N) is 3. The summed E-state index contributed by atoms with van der Waals surface area (Å²) in [6, 6.07) is 17.3. The molecule has 0 bridgehead atoms. The number of benzene rings is 3. The third-order valence-corrected chi connectivity index (χ3v) is 6.81. The molecule has 0 radical (unpaired) electrons. The van der Waals surface area contributed by atoms with Crippen molar-refractivity contribution in [3.63, 3.8) is 0 Å². The summed E-state index contributed by atoms with van der Waals surface area (Å²) in [6.45, 7) is 0. The van der Waals surface area contributed by atoms with Crippen molar-refractivity contribution >= 4 is 54.2 Å². The maximum absolute atomic E-state index is 13.0. The van der Waals surface area contributed by atoms with Crippen LogP contribution in [-0.2, 0) is 10.0 Å². The Balaban J connectivity index is 1.42. The van der Waals surface area contributed by atoms with Gasteiger partial charge in [0.25, 0.3) is 15.9 Å². The van der Waals surface area contributed by atoms with Gasteiger partial charge in [0.15, 0.2) is 17.1 Å². The highest BCUT2D eigenvalue weighted by Crippen LogP contribution is 2.30. The van der Waals surface area contributed by atoms with Crippen LogP contribution in [0.1, 0.15) is 10.5 Å². The number of H-pyrrole nitrogens is 1. The fraction of sp³-hybridized carbons (Fsp3) is 0. The monoisotopic (exact) mass is 555 g/mol. The number of hydrogen-bond acceptors (Lipinski definition) is 8. The van der Waals surface area contributed by atoms with E-state index in [0.29, 0.717) is 21.1 Å². The van der Waals surface area contributed by atoms with Gasteiger partial charge in [0.1, 0.15) is 0 Å². The van der Waals surface area contributed by atoms with Crippen LogP contribution >= 0.6 is 15.9 Å². The Morgan fingerprint density at radius 3 is 2.51 bits per heavy atom. The fourth-order valence-electron chi connectivity index (χ4n) is 3.33. The number of fused-ring (bicyclic) bond motifs is 1. The van der Waals surface area contributed by atoms with Crippen LogP contribution in [0.4, 0.5) is 11.4 Å². The van der Waals surface area contributed by atoms with E-state index in [1.54, 1.807) is 36.4 Å². The van der Waals surface area contributed by atoms with Gasteiger partial charge in [-0.05, 0) is 42.5 Å². The van der Waals surface area contributed by atoms with E-state index in [-0.39, 0.29) is 27.7 Å². The zero-order chi connectivity index (χ0) is 24.6. The summed E-state index contributed by atoms with van der Waals surface area (Å²) in [5.74, 6) is -1.19. The van der Waals surface area contributed by atoms with Crippen LogP contribution in [0, 0.1) is 0 Å². The van der Waals surface area contributed by atoms with Crippen LogP contribution in [0.5, 0.6) is 0 Å². The maximum Gasteiger partial charge on any atom is 0.439 e. The van der Waals surface area contributed by atoms with E-state index >= 15 is 0 Å². The fourth-order valence-corrected chi connectivity index (χ4v) is 4.76. The Morgan fingerprint density at radius 1 is 0.971 bits per heavy atom. The molecule has 2 aromatic heterocycles. The number of aromatic amines is 1. The molecule has 0 aliphatic heterocycles. The summed E-state index contributed by atoms with van der Waals surface area (Å²) in [5, 5.41) is 10.6. The van der Waals surface area contributed by atoms with E-state index in [1.807, 2.05) is 0 Å². The summed E-state index contributed by atoms with van der Waals surface area (Å²) in [7, 11) is -3.80. The number of nitrogens with zero attached hydrogens (tertiary/aromatic N) is 2. The van der Waals surface area contributed by atoms with Crippen LogP contribution in [0.15, 0.2) is 89.9 Å². The Bertz CT molecular complexity index is 1730. The molecule has 0 saturated heterocycles. The lowest BCUT2D eigenvalue weighted by Crippen LogP contribution is -2.14. The second kappa shape index (κ2) is 8.85. The molecule has 0 aliphatic carbocycles. The Hall–Kier alpha value is -4.23. The predicted molar refractivity (Wildman–Crippen MR) is 129 cm³/mol. The molecule has 5 rings (SSSR count). The van der Waals surface area contributed by atoms with E-state index < -0.39 is 21.7 Å². The Kier molecular flexibility index (Phi) is 5.70. The van der Waals surface area contributed by atoms with E-state index in [2.05, 4.69) is 45.8 Å². The van der Waals surface area contributed by atoms with Crippen molar-refractivity contribution < 1.29 is 22.3 Å².